The summed E-state index contributed by atoms with van der Waals surface area (Å²) in [6.07, 6.45) is 0.293. The van der Waals surface area contributed by atoms with Crippen LogP contribution >= 0.6 is 16.3 Å². The molecule has 1 aliphatic carbocycles. The van der Waals surface area contributed by atoms with Crippen LogP contribution in [0, 0.1) is 30.6 Å². The Bertz CT molecular complexity index is 3830. The second-order valence-electron chi connectivity index (χ2n) is 22.9. The molecule has 2 aromatic heterocycles. The largest absolute Gasteiger partial charge is 0.407 e. The zero-order valence-corrected chi connectivity index (χ0v) is 50.5. The summed E-state index contributed by atoms with van der Waals surface area (Å²) in [6, 6.07) is 36.4. The summed E-state index contributed by atoms with van der Waals surface area (Å²) >= 11 is 0. The Morgan fingerprint density at radius 2 is 0.831 bits per heavy atom. The maximum atomic E-state index is 14.9. The standard InChI is InChI=1S/C36H44NO8PS.C25H24NO8PS/c1-24-12-14-26(15-13-24)47(38,39)37(23-36(5)21-25(2)20-35(3,4)22-36)46-44-31-27(8-6-10-29(31)33-40-16-17-41-33)28-9-7-11-30(32(28)45-46)34-42-18-19-43-34;1-16-8-10-17(11-9-16)36(27,28)26-35-33-22-18(4-2-6-20(22)24-29-12-13-30-24)19-5-3-7-21(23(19)34-35)25-31-14-15-32-25/h6-15,25,33-34H,16-23H2,1-5H3;2-11,24-26H,12-15H2,1H3. The summed E-state index contributed by atoms with van der Waals surface area (Å²) in [5.74, 6) is 0.435. The fourth-order valence-electron chi connectivity index (χ4n) is 12.4. The van der Waals surface area contributed by atoms with E-state index in [0.717, 1.165) is 51.9 Å². The maximum Gasteiger partial charge on any atom is 0.324 e. The first-order valence-corrected chi connectivity index (χ1v) is 33.1. The third-order valence-corrected chi connectivity index (χ3v) is 22.3. The highest BCUT2D eigenvalue weighted by Crippen LogP contribution is 2.52. The minimum absolute atomic E-state index is 0.0535. The molecule has 0 amide bonds. The van der Waals surface area contributed by atoms with Gasteiger partial charge in [-0.15, -0.1) is 4.49 Å². The average Bonchev–Trinajstić information content (AvgIpc) is 4.52. The molecule has 1 N–H and O–H groups in total. The van der Waals surface area contributed by atoms with Crippen LogP contribution in [0.15, 0.2) is 148 Å². The van der Waals surface area contributed by atoms with Gasteiger partial charge in [-0.05, 0) is 74.1 Å². The lowest BCUT2D eigenvalue weighted by atomic mass is 9.61. The summed E-state index contributed by atoms with van der Waals surface area (Å²) in [4.78, 5) is 0.305. The molecule has 83 heavy (non-hydrogen) atoms. The molecule has 1 saturated carbocycles. The number of aryl methyl sites for hydroxylation is 2. The summed E-state index contributed by atoms with van der Waals surface area (Å²) in [6.45, 7) is 16.7. The van der Waals surface area contributed by atoms with E-state index >= 15 is 0 Å². The molecule has 5 fully saturated rings. The van der Waals surface area contributed by atoms with E-state index in [9.17, 15) is 16.8 Å². The van der Waals surface area contributed by atoms with Crippen molar-refractivity contribution >= 4 is 80.3 Å². The van der Waals surface area contributed by atoms with Crippen LogP contribution in [0.4, 0.5) is 0 Å². The first kappa shape index (κ1) is 58.0. The molecule has 440 valence electrons. The molecule has 0 bridgehead atoms. The van der Waals surface area contributed by atoms with E-state index in [-0.39, 0.29) is 27.2 Å². The van der Waals surface area contributed by atoms with Crippen molar-refractivity contribution in [2.75, 3.05) is 68.0 Å². The Balaban J connectivity index is 0.000000170. The van der Waals surface area contributed by atoms with Crippen molar-refractivity contribution in [2.24, 2.45) is 16.7 Å². The third kappa shape index (κ3) is 12.3. The van der Waals surface area contributed by atoms with E-state index in [1.54, 1.807) is 36.4 Å². The van der Waals surface area contributed by atoms with Crippen LogP contribution in [0.3, 0.4) is 0 Å². The monoisotopic (exact) mass is 1210 g/mol. The van der Waals surface area contributed by atoms with Crippen LogP contribution < -0.4 is 8.57 Å². The topological polar surface area (TPSA) is 210 Å². The number of hydrogen-bond donors (Lipinski definition) is 1. The van der Waals surface area contributed by atoms with Crippen molar-refractivity contribution in [2.45, 2.75) is 95.8 Å². The van der Waals surface area contributed by atoms with Gasteiger partial charge < -0.3 is 54.7 Å². The highest BCUT2D eigenvalue weighted by Gasteiger charge is 2.45. The summed E-state index contributed by atoms with van der Waals surface area (Å²) in [7, 11) is -12.6. The van der Waals surface area contributed by atoms with Crippen molar-refractivity contribution in [3.05, 3.63) is 155 Å². The minimum Gasteiger partial charge on any atom is -0.407 e. The Hall–Kier alpha value is -5.38. The molecular formula is C61H68N2O16P2S2. The quantitative estimate of drug-likeness (QED) is 0.121. The summed E-state index contributed by atoms with van der Waals surface area (Å²) < 4.78 is 134. The van der Waals surface area contributed by atoms with Gasteiger partial charge in [0.25, 0.3) is 20.0 Å². The van der Waals surface area contributed by atoms with Gasteiger partial charge in [0, 0.05) is 28.1 Å². The molecule has 4 saturated heterocycles. The van der Waals surface area contributed by atoms with Gasteiger partial charge >= 0.3 is 16.3 Å². The molecule has 13 rings (SSSR count). The smallest absolute Gasteiger partial charge is 0.324 e. The molecule has 6 aromatic carbocycles. The Morgan fingerprint density at radius 3 is 1.19 bits per heavy atom. The second-order valence-corrected chi connectivity index (χ2v) is 29.5. The van der Waals surface area contributed by atoms with Gasteiger partial charge in [-0.25, -0.2) is 16.8 Å². The van der Waals surface area contributed by atoms with Crippen molar-refractivity contribution < 1.29 is 71.5 Å². The van der Waals surface area contributed by atoms with Crippen LogP contribution in [0.25, 0.3) is 43.9 Å². The molecule has 4 aliphatic heterocycles. The number of benzene rings is 6. The molecule has 0 radical (unpaired) electrons. The van der Waals surface area contributed by atoms with Gasteiger partial charge in [0.2, 0.25) is 0 Å². The molecule has 2 unspecified atom stereocenters. The summed E-state index contributed by atoms with van der Waals surface area (Å²) in [5.41, 5.74) is 6.18. The number of para-hydroxylation sites is 4. The predicted molar refractivity (Wildman–Crippen MR) is 315 cm³/mol. The van der Waals surface area contributed by atoms with Gasteiger partial charge in [0.05, 0.1) is 84.9 Å². The zero-order valence-electron chi connectivity index (χ0n) is 47.1. The highest BCUT2D eigenvalue weighted by atomic mass is 32.2. The van der Waals surface area contributed by atoms with Crippen molar-refractivity contribution in [1.29, 1.82) is 0 Å². The van der Waals surface area contributed by atoms with Crippen molar-refractivity contribution in [1.82, 2.24) is 0 Å². The third-order valence-electron chi connectivity index (χ3n) is 15.4. The number of ether oxygens (including phenoxy) is 8. The summed E-state index contributed by atoms with van der Waals surface area (Å²) in [5, 5.41) is 2.96. The number of rotatable bonds is 12. The van der Waals surface area contributed by atoms with E-state index in [2.05, 4.69) is 32.2 Å². The zero-order chi connectivity index (χ0) is 57.7. The minimum atomic E-state index is -4.11. The average molecular weight is 1210 g/mol. The Kier molecular flexibility index (Phi) is 16.7. The molecule has 8 aromatic rings. The lowest BCUT2D eigenvalue weighted by Gasteiger charge is -2.47. The fraction of sp³-hybridized carbons (Fsp3) is 0.410. The molecule has 2 atom stereocenters. The fourth-order valence-corrected chi connectivity index (χ4v) is 19.0. The van der Waals surface area contributed by atoms with Gasteiger partial charge in [-0.1, -0.05) is 140 Å². The first-order valence-electron chi connectivity index (χ1n) is 27.9. The van der Waals surface area contributed by atoms with Gasteiger partial charge in [-0.2, -0.15) is 0 Å². The molecule has 18 nitrogen and oxygen atoms in total. The number of hydrogen-bond acceptors (Lipinski definition) is 16. The number of nitrogens with zero attached hydrogens (tertiary/aromatic N) is 1. The predicted octanol–water partition coefficient (Wildman–Crippen LogP) is 14.5. The lowest BCUT2D eigenvalue weighted by molar-refractivity contribution is -0.0437. The van der Waals surface area contributed by atoms with Gasteiger partial charge in [-0.3, -0.25) is 0 Å². The highest BCUT2D eigenvalue weighted by molar-refractivity contribution is 7.97. The van der Waals surface area contributed by atoms with Gasteiger partial charge in [0.15, 0.2) is 47.5 Å². The normalized spacial score (nSPS) is 21.2. The van der Waals surface area contributed by atoms with Crippen LogP contribution in [0.5, 0.6) is 0 Å². The molecular weight excluding hydrogens is 1140 g/mol. The Morgan fingerprint density at radius 1 is 0.482 bits per heavy atom. The van der Waals surface area contributed by atoms with Gasteiger partial charge in [0.1, 0.15) is 0 Å². The lowest BCUT2D eigenvalue weighted by Crippen LogP contribution is -2.44. The van der Waals surface area contributed by atoms with E-state index in [1.807, 2.05) is 98.8 Å². The Labute approximate surface area is 484 Å². The maximum absolute atomic E-state index is 14.9. The van der Waals surface area contributed by atoms with Crippen molar-refractivity contribution in [3.8, 4) is 0 Å². The van der Waals surface area contributed by atoms with E-state index in [4.69, 9.17) is 54.7 Å². The van der Waals surface area contributed by atoms with E-state index in [1.165, 1.54) is 4.08 Å². The molecule has 22 heteroatoms. The van der Waals surface area contributed by atoms with Crippen LogP contribution in [-0.4, -0.2) is 76.2 Å². The van der Waals surface area contributed by atoms with E-state index < -0.39 is 61.5 Å². The van der Waals surface area contributed by atoms with Crippen LogP contribution in [0.2, 0.25) is 0 Å². The molecule has 5 aliphatic rings. The molecule has 0 spiro atoms. The molecule has 6 heterocycles. The SMILES string of the molecule is Cc1ccc(S(=O)(=O)N(CC2(C)CC(C)CC(C)(C)C2)p2oc3c(C4OCCO4)cccc3c3cccc(C4OCCO4)c3o2)cc1.Cc1ccc(S(=O)(=O)Np2oc3c(C4OCCO4)cccc3c3cccc(C4OCCO4)c3o2)cc1. The van der Waals surface area contributed by atoms with Crippen LogP contribution in [-0.2, 0) is 57.9 Å². The first-order chi connectivity index (χ1) is 39.9. The number of nitrogens with one attached hydrogen (secondary N) is 1. The second kappa shape index (κ2) is 23.8. The van der Waals surface area contributed by atoms with E-state index in [0.29, 0.717) is 103 Å². The van der Waals surface area contributed by atoms with Crippen LogP contribution in [0.1, 0.15) is 105 Å². The number of sulfonamides is 2. The van der Waals surface area contributed by atoms with Crippen molar-refractivity contribution in [3.63, 3.8) is 0 Å². The number of fused-ring (bicyclic) bond motifs is 6.